The maximum atomic E-state index is 2.59. The number of nitrogens with zero attached hydrogens (tertiary/aromatic N) is 1. The molecule has 0 N–H and O–H groups in total. The SMILES string of the molecule is CC1CN(CC2(C)CC2)C1. The molecule has 1 saturated carbocycles. The molecule has 0 spiro atoms. The first kappa shape index (κ1) is 6.66. The minimum absolute atomic E-state index is 0.736. The molecule has 1 saturated heterocycles. The summed E-state index contributed by atoms with van der Waals surface area (Å²) in [5.41, 5.74) is 0.736. The third-order valence-corrected chi connectivity index (χ3v) is 2.85. The molecule has 0 aromatic carbocycles. The molecule has 0 radical (unpaired) electrons. The lowest BCUT2D eigenvalue weighted by atomic mass is 9.99. The molecule has 58 valence electrons. The Hall–Kier alpha value is -0.0400. The summed E-state index contributed by atoms with van der Waals surface area (Å²) in [4.78, 5) is 2.59. The number of hydrogen-bond donors (Lipinski definition) is 0. The molecule has 1 nitrogen and oxygen atoms in total. The monoisotopic (exact) mass is 139 g/mol. The van der Waals surface area contributed by atoms with Gasteiger partial charge >= 0.3 is 0 Å². The molecule has 0 atom stereocenters. The van der Waals surface area contributed by atoms with Gasteiger partial charge in [-0.05, 0) is 24.2 Å². The van der Waals surface area contributed by atoms with Gasteiger partial charge in [0, 0.05) is 19.6 Å². The minimum Gasteiger partial charge on any atom is -0.302 e. The van der Waals surface area contributed by atoms with Gasteiger partial charge in [0.05, 0.1) is 0 Å². The Morgan fingerprint density at radius 2 is 2.00 bits per heavy atom. The summed E-state index contributed by atoms with van der Waals surface area (Å²) in [5, 5.41) is 0. The fourth-order valence-corrected chi connectivity index (χ4v) is 1.87. The van der Waals surface area contributed by atoms with Gasteiger partial charge in [-0.25, -0.2) is 0 Å². The molecule has 1 heterocycles. The number of hydrogen-bond acceptors (Lipinski definition) is 1. The van der Waals surface area contributed by atoms with Gasteiger partial charge < -0.3 is 4.90 Å². The number of rotatable bonds is 2. The van der Waals surface area contributed by atoms with Crippen LogP contribution in [-0.4, -0.2) is 24.5 Å². The highest BCUT2D eigenvalue weighted by Gasteiger charge is 2.40. The van der Waals surface area contributed by atoms with Crippen LogP contribution >= 0.6 is 0 Å². The predicted octanol–water partition coefficient (Wildman–Crippen LogP) is 1.74. The van der Waals surface area contributed by atoms with Crippen molar-refractivity contribution in [2.75, 3.05) is 19.6 Å². The summed E-state index contributed by atoms with van der Waals surface area (Å²) < 4.78 is 0. The lowest BCUT2D eigenvalue weighted by molar-refractivity contribution is 0.0904. The summed E-state index contributed by atoms with van der Waals surface area (Å²) in [6.45, 7) is 8.84. The predicted molar refractivity (Wildman–Crippen MR) is 42.9 cm³/mol. The lowest BCUT2D eigenvalue weighted by Crippen LogP contribution is -2.47. The normalized spacial score (nSPS) is 31.8. The zero-order valence-electron chi connectivity index (χ0n) is 7.06. The van der Waals surface area contributed by atoms with Crippen LogP contribution < -0.4 is 0 Å². The first-order valence-corrected chi connectivity index (χ1v) is 4.40. The molecule has 2 rings (SSSR count). The molecule has 0 unspecified atom stereocenters. The van der Waals surface area contributed by atoms with Crippen LogP contribution in [-0.2, 0) is 0 Å². The van der Waals surface area contributed by atoms with Crippen molar-refractivity contribution < 1.29 is 0 Å². The molecule has 1 aliphatic heterocycles. The second-order valence-corrected chi connectivity index (χ2v) is 4.61. The second-order valence-electron chi connectivity index (χ2n) is 4.61. The molecule has 1 heteroatoms. The summed E-state index contributed by atoms with van der Waals surface area (Å²) in [7, 11) is 0. The van der Waals surface area contributed by atoms with Crippen molar-refractivity contribution in [3.63, 3.8) is 0 Å². The third kappa shape index (κ3) is 1.20. The fraction of sp³-hybridized carbons (Fsp3) is 1.00. The van der Waals surface area contributed by atoms with E-state index in [2.05, 4.69) is 18.7 Å². The summed E-state index contributed by atoms with van der Waals surface area (Å²) in [5.74, 6) is 0.974. The van der Waals surface area contributed by atoms with Crippen molar-refractivity contribution >= 4 is 0 Å². The van der Waals surface area contributed by atoms with Gasteiger partial charge in [-0.1, -0.05) is 13.8 Å². The first-order valence-electron chi connectivity index (χ1n) is 4.40. The Balaban J connectivity index is 1.72. The third-order valence-electron chi connectivity index (χ3n) is 2.85. The van der Waals surface area contributed by atoms with Gasteiger partial charge in [0.1, 0.15) is 0 Å². The average Bonchev–Trinajstić information content (AvgIpc) is 2.45. The molecule has 2 aliphatic rings. The lowest BCUT2D eigenvalue weighted by Gasteiger charge is -2.38. The Morgan fingerprint density at radius 3 is 2.40 bits per heavy atom. The highest BCUT2D eigenvalue weighted by atomic mass is 15.2. The topological polar surface area (TPSA) is 3.24 Å². The minimum atomic E-state index is 0.736. The molecule has 1 aliphatic carbocycles. The summed E-state index contributed by atoms with van der Waals surface area (Å²) in [6, 6.07) is 0. The molecule has 0 amide bonds. The number of likely N-dealkylation sites (tertiary alicyclic amines) is 1. The van der Waals surface area contributed by atoms with E-state index in [0.717, 1.165) is 11.3 Å². The van der Waals surface area contributed by atoms with Crippen LogP contribution in [0.2, 0.25) is 0 Å². The quantitative estimate of drug-likeness (QED) is 0.563. The van der Waals surface area contributed by atoms with Crippen molar-refractivity contribution in [3.05, 3.63) is 0 Å². The first-order chi connectivity index (χ1) is 4.68. The Bertz CT molecular complexity index is 132. The molecular formula is C9H17N. The van der Waals surface area contributed by atoms with Crippen molar-refractivity contribution in [2.45, 2.75) is 26.7 Å². The highest BCUT2D eigenvalue weighted by Crippen LogP contribution is 2.46. The maximum Gasteiger partial charge on any atom is 0.00356 e. The van der Waals surface area contributed by atoms with E-state index in [1.165, 1.54) is 32.5 Å². The van der Waals surface area contributed by atoms with Crippen LogP contribution in [0.15, 0.2) is 0 Å². The van der Waals surface area contributed by atoms with Crippen LogP contribution in [0.5, 0.6) is 0 Å². The Kier molecular flexibility index (Phi) is 1.31. The zero-order valence-corrected chi connectivity index (χ0v) is 7.06. The van der Waals surface area contributed by atoms with Crippen molar-refractivity contribution in [1.29, 1.82) is 0 Å². The van der Waals surface area contributed by atoms with Gasteiger partial charge in [0.25, 0.3) is 0 Å². The fourth-order valence-electron chi connectivity index (χ4n) is 1.87. The van der Waals surface area contributed by atoms with Crippen LogP contribution in [0.3, 0.4) is 0 Å². The van der Waals surface area contributed by atoms with Crippen LogP contribution in [0, 0.1) is 11.3 Å². The smallest absolute Gasteiger partial charge is 0.00356 e. The van der Waals surface area contributed by atoms with Crippen molar-refractivity contribution in [3.8, 4) is 0 Å². The largest absolute Gasteiger partial charge is 0.302 e. The van der Waals surface area contributed by atoms with Gasteiger partial charge in [-0.2, -0.15) is 0 Å². The second kappa shape index (κ2) is 1.97. The van der Waals surface area contributed by atoms with E-state index in [9.17, 15) is 0 Å². The molecule has 2 fully saturated rings. The average molecular weight is 139 g/mol. The zero-order chi connectivity index (χ0) is 7.19. The summed E-state index contributed by atoms with van der Waals surface area (Å²) in [6.07, 6.45) is 2.94. The van der Waals surface area contributed by atoms with E-state index < -0.39 is 0 Å². The van der Waals surface area contributed by atoms with Gasteiger partial charge in [-0.15, -0.1) is 0 Å². The Labute approximate surface area is 63.4 Å². The van der Waals surface area contributed by atoms with E-state index in [1.54, 1.807) is 0 Å². The molecule has 0 bridgehead atoms. The molecule has 0 aromatic heterocycles. The summed E-state index contributed by atoms with van der Waals surface area (Å²) >= 11 is 0. The van der Waals surface area contributed by atoms with Crippen molar-refractivity contribution in [1.82, 2.24) is 4.90 Å². The van der Waals surface area contributed by atoms with Crippen LogP contribution in [0.4, 0.5) is 0 Å². The molecule has 10 heavy (non-hydrogen) atoms. The van der Waals surface area contributed by atoms with E-state index in [1.807, 2.05) is 0 Å². The van der Waals surface area contributed by atoms with E-state index in [-0.39, 0.29) is 0 Å². The van der Waals surface area contributed by atoms with Crippen molar-refractivity contribution in [2.24, 2.45) is 11.3 Å². The maximum absolute atomic E-state index is 2.59. The molecular weight excluding hydrogens is 122 g/mol. The molecule has 0 aromatic rings. The highest BCUT2D eigenvalue weighted by molar-refractivity contribution is 4.93. The van der Waals surface area contributed by atoms with E-state index in [0.29, 0.717) is 0 Å². The van der Waals surface area contributed by atoms with Gasteiger partial charge in [-0.3, -0.25) is 0 Å². The van der Waals surface area contributed by atoms with Crippen LogP contribution in [0.25, 0.3) is 0 Å². The van der Waals surface area contributed by atoms with Crippen LogP contribution in [0.1, 0.15) is 26.7 Å². The van der Waals surface area contributed by atoms with E-state index >= 15 is 0 Å². The standard InChI is InChI=1S/C9H17N/c1-8-5-10(6-8)7-9(2)3-4-9/h8H,3-7H2,1-2H3. The van der Waals surface area contributed by atoms with Gasteiger partial charge in [0.15, 0.2) is 0 Å². The van der Waals surface area contributed by atoms with E-state index in [4.69, 9.17) is 0 Å². The Morgan fingerprint density at radius 1 is 1.40 bits per heavy atom. The van der Waals surface area contributed by atoms with Gasteiger partial charge in [0.2, 0.25) is 0 Å².